The van der Waals surface area contributed by atoms with Crippen LogP contribution in [0.3, 0.4) is 0 Å². The summed E-state index contributed by atoms with van der Waals surface area (Å²) in [6.45, 7) is 2.59. The first kappa shape index (κ1) is 13.7. The summed E-state index contributed by atoms with van der Waals surface area (Å²) >= 11 is 0. The van der Waals surface area contributed by atoms with Gasteiger partial charge in [-0.05, 0) is 57.4 Å². The second-order valence-electron chi connectivity index (χ2n) is 6.02. The van der Waals surface area contributed by atoms with Crippen LogP contribution >= 0.6 is 0 Å². The maximum absolute atomic E-state index is 6.00. The van der Waals surface area contributed by atoms with Crippen molar-refractivity contribution >= 4 is 0 Å². The molecule has 0 aromatic heterocycles. The average Bonchev–Trinajstić information content (AvgIpc) is 2.94. The first-order valence-electron chi connectivity index (χ1n) is 7.52. The maximum Gasteiger partial charge on any atom is 0.231 e. The van der Waals surface area contributed by atoms with Gasteiger partial charge in [-0.2, -0.15) is 0 Å². The van der Waals surface area contributed by atoms with Crippen LogP contribution in [0, 0.1) is 0 Å². The lowest BCUT2D eigenvalue weighted by Crippen LogP contribution is -2.39. The van der Waals surface area contributed by atoms with E-state index >= 15 is 0 Å². The van der Waals surface area contributed by atoms with Crippen molar-refractivity contribution in [1.29, 1.82) is 0 Å². The monoisotopic (exact) mass is 276 g/mol. The standard InChI is InChI=1S/C16H24N2O2/c1-11(18(2)14-6-4-13(17)5-7-14)12-3-8-15-16(9-12)20-10-19-15/h3,8-9,11,13-14H,4-7,10,17H2,1-2H3. The Kier molecular flexibility index (Phi) is 3.85. The van der Waals surface area contributed by atoms with E-state index in [2.05, 4.69) is 31.0 Å². The molecular weight excluding hydrogens is 252 g/mol. The summed E-state index contributed by atoms with van der Waals surface area (Å²) in [6, 6.07) is 7.68. The van der Waals surface area contributed by atoms with Gasteiger partial charge in [0.05, 0.1) is 0 Å². The Balaban J connectivity index is 1.70. The minimum Gasteiger partial charge on any atom is -0.454 e. The number of ether oxygens (including phenoxy) is 2. The fourth-order valence-corrected chi connectivity index (χ4v) is 3.23. The minimum absolute atomic E-state index is 0.337. The molecule has 1 unspecified atom stereocenters. The lowest BCUT2D eigenvalue weighted by molar-refractivity contribution is 0.140. The minimum atomic E-state index is 0.337. The van der Waals surface area contributed by atoms with Crippen molar-refractivity contribution in [3.8, 4) is 11.5 Å². The van der Waals surface area contributed by atoms with Gasteiger partial charge in [-0.25, -0.2) is 0 Å². The third-order valence-electron chi connectivity index (χ3n) is 4.81. The molecule has 110 valence electrons. The zero-order valence-electron chi connectivity index (χ0n) is 12.3. The van der Waals surface area contributed by atoms with Gasteiger partial charge in [0.15, 0.2) is 11.5 Å². The Morgan fingerprint density at radius 3 is 2.60 bits per heavy atom. The predicted octanol–water partition coefficient (Wildman–Crippen LogP) is 2.68. The fraction of sp³-hybridized carbons (Fsp3) is 0.625. The zero-order valence-corrected chi connectivity index (χ0v) is 12.3. The van der Waals surface area contributed by atoms with Crippen molar-refractivity contribution in [1.82, 2.24) is 4.90 Å². The molecule has 0 amide bonds. The van der Waals surface area contributed by atoms with Crippen LogP contribution in [-0.2, 0) is 0 Å². The zero-order chi connectivity index (χ0) is 14.1. The molecule has 2 aliphatic rings. The summed E-state index contributed by atoms with van der Waals surface area (Å²) in [5.41, 5.74) is 7.28. The number of rotatable bonds is 3. The van der Waals surface area contributed by atoms with Crippen LogP contribution < -0.4 is 15.2 Å². The normalized spacial score (nSPS) is 26.8. The van der Waals surface area contributed by atoms with Crippen molar-refractivity contribution in [3.05, 3.63) is 23.8 Å². The smallest absolute Gasteiger partial charge is 0.231 e. The van der Waals surface area contributed by atoms with Gasteiger partial charge in [-0.1, -0.05) is 6.07 Å². The topological polar surface area (TPSA) is 47.7 Å². The van der Waals surface area contributed by atoms with Gasteiger partial charge >= 0.3 is 0 Å². The van der Waals surface area contributed by atoms with Crippen LogP contribution in [0.5, 0.6) is 11.5 Å². The van der Waals surface area contributed by atoms with Gasteiger partial charge in [0.25, 0.3) is 0 Å². The molecule has 4 heteroatoms. The van der Waals surface area contributed by atoms with E-state index in [4.69, 9.17) is 15.2 Å². The molecular formula is C16H24N2O2. The summed E-state index contributed by atoms with van der Waals surface area (Å²) in [7, 11) is 2.22. The van der Waals surface area contributed by atoms with Crippen LogP contribution in [0.15, 0.2) is 18.2 Å². The molecule has 1 aromatic rings. The first-order chi connectivity index (χ1) is 9.65. The van der Waals surface area contributed by atoms with Crippen molar-refractivity contribution in [2.75, 3.05) is 13.8 Å². The second-order valence-corrected chi connectivity index (χ2v) is 6.02. The largest absolute Gasteiger partial charge is 0.454 e. The van der Waals surface area contributed by atoms with Crippen molar-refractivity contribution in [2.24, 2.45) is 5.73 Å². The van der Waals surface area contributed by atoms with E-state index in [1.165, 1.54) is 18.4 Å². The van der Waals surface area contributed by atoms with Crippen molar-refractivity contribution < 1.29 is 9.47 Å². The van der Waals surface area contributed by atoms with Gasteiger partial charge in [-0.15, -0.1) is 0 Å². The Morgan fingerprint density at radius 2 is 1.85 bits per heavy atom. The predicted molar refractivity (Wildman–Crippen MR) is 79.0 cm³/mol. The quantitative estimate of drug-likeness (QED) is 0.922. The number of benzene rings is 1. The van der Waals surface area contributed by atoms with Crippen molar-refractivity contribution in [3.63, 3.8) is 0 Å². The third-order valence-corrected chi connectivity index (χ3v) is 4.81. The highest BCUT2D eigenvalue weighted by Crippen LogP contribution is 2.36. The molecule has 0 radical (unpaired) electrons. The van der Waals surface area contributed by atoms with Gasteiger partial charge in [-0.3, -0.25) is 4.90 Å². The van der Waals surface area contributed by atoms with E-state index in [1.54, 1.807) is 0 Å². The van der Waals surface area contributed by atoms with E-state index in [-0.39, 0.29) is 0 Å². The Hall–Kier alpha value is -1.26. The molecule has 3 rings (SSSR count). The van der Waals surface area contributed by atoms with Crippen molar-refractivity contribution in [2.45, 2.75) is 50.7 Å². The van der Waals surface area contributed by atoms with Crippen LogP contribution in [0.4, 0.5) is 0 Å². The summed E-state index contributed by atoms with van der Waals surface area (Å²) in [6.07, 6.45) is 4.69. The highest BCUT2D eigenvalue weighted by Gasteiger charge is 2.26. The Bertz CT molecular complexity index is 470. The molecule has 1 atom stereocenters. The second kappa shape index (κ2) is 5.62. The molecule has 1 aliphatic heterocycles. The highest BCUT2D eigenvalue weighted by molar-refractivity contribution is 5.45. The number of nitrogens with zero attached hydrogens (tertiary/aromatic N) is 1. The number of nitrogens with two attached hydrogens (primary N) is 1. The van der Waals surface area contributed by atoms with E-state index < -0.39 is 0 Å². The summed E-state index contributed by atoms with van der Waals surface area (Å²) in [5, 5.41) is 0. The molecule has 0 spiro atoms. The number of hydrogen-bond acceptors (Lipinski definition) is 4. The SMILES string of the molecule is CC(c1ccc2c(c1)OCO2)N(C)C1CCC(N)CC1. The molecule has 1 heterocycles. The van der Waals surface area contributed by atoms with Gasteiger partial charge in [0.1, 0.15) is 0 Å². The van der Waals surface area contributed by atoms with Crippen LogP contribution in [-0.4, -0.2) is 30.8 Å². The average molecular weight is 276 g/mol. The van der Waals surface area contributed by atoms with E-state index in [0.29, 0.717) is 24.9 Å². The Labute approximate surface area is 120 Å². The fourth-order valence-electron chi connectivity index (χ4n) is 3.23. The van der Waals surface area contributed by atoms with Gasteiger partial charge in [0.2, 0.25) is 6.79 Å². The van der Waals surface area contributed by atoms with E-state index in [9.17, 15) is 0 Å². The van der Waals surface area contributed by atoms with E-state index in [0.717, 1.165) is 24.3 Å². The maximum atomic E-state index is 6.00. The molecule has 1 saturated carbocycles. The summed E-state index contributed by atoms with van der Waals surface area (Å²) in [5.74, 6) is 1.72. The number of fused-ring (bicyclic) bond motifs is 1. The lowest BCUT2D eigenvalue weighted by Gasteiger charge is -2.37. The number of hydrogen-bond donors (Lipinski definition) is 1. The lowest BCUT2D eigenvalue weighted by atomic mass is 9.89. The molecule has 1 aromatic carbocycles. The molecule has 20 heavy (non-hydrogen) atoms. The third kappa shape index (κ3) is 2.63. The molecule has 4 nitrogen and oxygen atoms in total. The molecule has 1 aliphatic carbocycles. The molecule has 0 bridgehead atoms. The summed E-state index contributed by atoms with van der Waals surface area (Å²) < 4.78 is 10.8. The highest BCUT2D eigenvalue weighted by atomic mass is 16.7. The Morgan fingerprint density at radius 1 is 1.15 bits per heavy atom. The van der Waals surface area contributed by atoms with Crippen LogP contribution in [0.25, 0.3) is 0 Å². The molecule has 1 fully saturated rings. The molecule has 0 saturated heterocycles. The van der Waals surface area contributed by atoms with Gasteiger partial charge in [0, 0.05) is 18.1 Å². The van der Waals surface area contributed by atoms with E-state index in [1.807, 2.05) is 6.07 Å². The van der Waals surface area contributed by atoms with Crippen LogP contribution in [0.1, 0.15) is 44.2 Å². The van der Waals surface area contributed by atoms with Gasteiger partial charge < -0.3 is 15.2 Å². The molecule has 2 N–H and O–H groups in total. The first-order valence-corrected chi connectivity index (χ1v) is 7.52. The van der Waals surface area contributed by atoms with Crippen LogP contribution in [0.2, 0.25) is 0 Å². The summed E-state index contributed by atoms with van der Waals surface area (Å²) in [4.78, 5) is 2.48.